The van der Waals surface area contributed by atoms with Crippen molar-refractivity contribution >= 4 is 11.7 Å². The Kier molecular flexibility index (Phi) is 4.44. The molecule has 1 aromatic carbocycles. The molecule has 0 aliphatic carbocycles. The standard InChI is InChI=1S/C13H16F3NO2/c1-12(2,8-7-11(18)19)17-10-6-4-3-5-9(10)13(14,15)16/h3-6,17H,7-8H2,1-2H3,(H,18,19). The Morgan fingerprint density at radius 3 is 2.37 bits per heavy atom. The van der Waals surface area contributed by atoms with Crippen molar-refractivity contribution < 1.29 is 23.1 Å². The third-order valence-electron chi connectivity index (χ3n) is 2.67. The number of nitrogens with one attached hydrogen (secondary N) is 1. The zero-order chi connectivity index (χ0) is 14.7. The van der Waals surface area contributed by atoms with Gasteiger partial charge in [-0.15, -0.1) is 0 Å². The van der Waals surface area contributed by atoms with Crippen molar-refractivity contribution in [2.75, 3.05) is 5.32 Å². The van der Waals surface area contributed by atoms with E-state index in [0.29, 0.717) is 0 Å². The van der Waals surface area contributed by atoms with Gasteiger partial charge < -0.3 is 10.4 Å². The van der Waals surface area contributed by atoms with Crippen LogP contribution in [-0.2, 0) is 11.0 Å². The van der Waals surface area contributed by atoms with Gasteiger partial charge in [0.2, 0.25) is 0 Å². The van der Waals surface area contributed by atoms with Crippen LogP contribution in [0.2, 0.25) is 0 Å². The summed E-state index contributed by atoms with van der Waals surface area (Å²) in [6, 6.07) is 5.16. The first kappa shape index (κ1) is 15.3. The second kappa shape index (κ2) is 5.50. The van der Waals surface area contributed by atoms with Gasteiger partial charge >= 0.3 is 12.1 Å². The lowest BCUT2D eigenvalue weighted by atomic mass is 9.97. The predicted octanol–water partition coefficient (Wildman–Crippen LogP) is 3.76. The smallest absolute Gasteiger partial charge is 0.418 e. The third-order valence-corrected chi connectivity index (χ3v) is 2.67. The van der Waals surface area contributed by atoms with Crippen LogP contribution >= 0.6 is 0 Å². The molecule has 106 valence electrons. The van der Waals surface area contributed by atoms with E-state index in [1.165, 1.54) is 18.2 Å². The Hall–Kier alpha value is -1.72. The van der Waals surface area contributed by atoms with Gasteiger partial charge in [0.1, 0.15) is 0 Å². The topological polar surface area (TPSA) is 49.3 Å². The lowest BCUT2D eigenvalue weighted by Crippen LogP contribution is -2.32. The molecule has 0 fully saturated rings. The van der Waals surface area contributed by atoms with E-state index in [1.807, 2.05) is 0 Å². The Balaban J connectivity index is 2.90. The highest BCUT2D eigenvalue weighted by molar-refractivity contribution is 5.67. The largest absolute Gasteiger partial charge is 0.481 e. The van der Waals surface area contributed by atoms with Crippen LogP contribution in [-0.4, -0.2) is 16.6 Å². The molecule has 0 saturated heterocycles. The zero-order valence-electron chi connectivity index (χ0n) is 10.7. The van der Waals surface area contributed by atoms with Crippen LogP contribution in [0.25, 0.3) is 0 Å². The van der Waals surface area contributed by atoms with Gasteiger partial charge in [0.25, 0.3) is 0 Å². The van der Waals surface area contributed by atoms with Crippen molar-refractivity contribution in [2.24, 2.45) is 0 Å². The van der Waals surface area contributed by atoms with Crippen LogP contribution < -0.4 is 5.32 Å². The molecule has 0 amide bonds. The number of anilines is 1. The molecule has 3 nitrogen and oxygen atoms in total. The maximum atomic E-state index is 12.8. The summed E-state index contributed by atoms with van der Waals surface area (Å²) in [5.74, 6) is -0.973. The number of benzene rings is 1. The highest BCUT2D eigenvalue weighted by Gasteiger charge is 2.34. The summed E-state index contributed by atoms with van der Waals surface area (Å²) < 4.78 is 38.4. The van der Waals surface area contributed by atoms with Gasteiger partial charge in [0.15, 0.2) is 0 Å². The Morgan fingerprint density at radius 2 is 1.84 bits per heavy atom. The molecule has 0 bridgehead atoms. The average Bonchev–Trinajstić information content (AvgIpc) is 2.25. The van der Waals surface area contributed by atoms with E-state index in [4.69, 9.17) is 5.11 Å². The summed E-state index contributed by atoms with van der Waals surface area (Å²) >= 11 is 0. The number of rotatable bonds is 5. The third kappa shape index (κ3) is 4.81. The van der Waals surface area contributed by atoms with Crippen molar-refractivity contribution in [1.29, 1.82) is 0 Å². The first-order chi connectivity index (χ1) is 8.62. The number of carboxylic acids is 1. The second-order valence-electron chi connectivity index (χ2n) is 4.95. The number of alkyl halides is 3. The molecular weight excluding hydrogens is 259 g/mol. The summed E-state index contributed by atoms with van der Waals surface area (Å²) in [7, 11) is 0. The van der Waals surface area contributed by atoms with Gasteiger partial charge in [-0.05, 0) is 32.4 Å². The predicted molar refractivity (Wildman–Crippen MR) is 66.0 cm³/mol. The van der Waals surface area contributed by atoms with Crippen molar-refractivity contribution in [1.82, 2.24) is 0 Å². The Labute approximate surface area is 109 Å². The molecule has 0 unspecified atom stereocenters. The Bertz CT molecular complexity index is 455. The van der Waals surface area contributed by atoms with Crippen molar-refractivity contribution in [3.05, 3.63) is 29.8 Å². The van der Waals surface area contributed by atoms with Crippen LogP contribution in [0.15, 0.2) is 24.3 Å². The maximum absolute atomic E-state index is 12.8. The molecule has 0 aliphatic heterocycles. The summed E-state index contributed by atoms with van der Waals surface area (Å²) in [4.78, 5) is 10.5. The highest BCUT2D eigenvalue weighted by Crippen LogP contribution is 2.36. The first-order valence-corrected chi connectivity index (χ1v) is 5.78. The second-order valence-corrected chi connectivity index (χ2v) is 4.95. The molecule has 0 saturated carbocycles. The molecule has 0 aliphatic rings. The van der Waals surface area contributed by atoms with Crippen LogP contribution in [0, 0.1) is 0 Å². The summed E-state index contributed by atoms with van der Waals surface area (Å²) in [5, 5.41) is 11.4. The normalized spacial score (nSPS) is 12.3. The van der Waals surface area contributed by atoms with Gasteiger partial charge in [0.05, 0.1) is 5.56 Å². The molecule has 1 rings (SSSR count). The van der Waals surface area contributed by atoms with Gasteiger partial charge in [-0.3, -0.25) is 4.79 Å². The van der Waals surface area contributed by atoms with Crippen molar-refractivity contribution in [2.45, 2.75) is 38.4 Å². The van der Waals surface area contributed by atoms with Gasteiger partial charge in [-0.25, -0.2) is 0 Å². The fourth-order valence-electron chi connectivity index (χ4n) is 1.69. The fourth-order valence-corrected chi connectivity index (χ4v) is 1.69. The van der Waals surface area contributed by atoms with E-state index >= 15 is 0 Å². The highest BCUT2D eigenvalue weighted by atomic mass is 19.4. The molecule has 0 heterocycles. The fraction of sp³-hybridized carbons (Fsp3) is 0.462. The first-order valence-electron chi connectivity index (χ1n) is 5.78. The molecule has 0 aromatic heterocycles. The lowest BCUT2D eigenvalue weighted by Gasteiger charge is -2.28. The minimum absolute atomic E-state index is 0.0367. The van der Waals surface area contributed by atoms with Crippen LogP contribution in [0.3, 0.4) is 0 Å². The summed E-state index contributed by atoms with van der Waals surface area (Å²) in [6.45, 7) is 3.34. The maximum Gasteiger partial charge on any atom is 0.418 e. The van der Waals surface area contributed by atoms with E-state index in [1.54, 1.807) is 13.8 Å². The average molecular weight is 275 g/mol. The van der Waals surface area contributed by atoms with Crippen molar-refractivity contribution in [3.8, 4) is 0 Å². The molecule has 19 heavy (non-hydrogen) atoms. The number of para-hydroxylation sites is 1. The van der Waals surface area contributed by atoms with E-state index in [0.717, 1.165) is 6.07 Å². The van der Waals surface area contributed by atoms with Crippen LogP contribution in [0.5, 0.6) is 0 Å². The monoisotopic (exact) mass is 275 g/mol. The van der Waals surface area contributed by atoms with Crippen LogP contribution in [0.4, 0.5) is 18.9 Å². The molecule has 1 aromatic rings. The van der Waals surface area contributed by atoms with Gasteiger partial charge in [-0.1, -0.05) is 12.1 Å². The van der Waals surface area contributed by atoms with E-state index in [-0.39, 0.29) is 18.5 Å². The zero-order valence-corrected chi connectivity index (χ0v) is 10.7. The molecule has 2 N–H and O–H groups in total. The SMILES string of the molecule is CC(C)(CCC(=O)O)Nc1ccccc1C(F)(F)F. The van der Waals surface area contributed by atoms with Gasteiger partial charge in [0, 0.05) is 17.6 Å². The molecule has 0 atom stereocenters. The number of hydrogen-bond donors (Lipinski definition) is 2. The van der Waals surface area contributed by atoms with E-state index in [2.05, 4.69) is 5.32 Å². The molecule has 0 spiro atoms. The van der Waals surface area contributed by atoms with E-state index < -0.39 is 23.2 Å². The minimum atomic E-state index is -4.44. The molecule has 0 radical (unpaired) electrons. The van der Waals surface area contributed by atoms with Crippen LogP contribution in [0.1, 0.15) is 32.3 Å². The summed E-state index contributed by atoms with van der Waals surface area (Å²) in [6.07, 6.45) is -4.31. The quantitative estimate of drug-likeness (QED) is 0.860. The molecular formula is C13H16F3NO2. The number of aliphatic carboxylic acids is 1. The van der Waals surface area contributed by atoms with Crippen molar-refractivity contribution in [3.63, 3.8) is 0 Å². The number of carbonyl (C=O) groups is 1. The van der Waals surface area contributed by atoms with E-state index in [9.17, 15) is 18.0 Å². The number of carboxylic acid groups (broad SMARTS) is 1. The summed E-state index contributed by atoms with van der Waals surface area (Å²) in [5.41, 5.74) is -1.52. The minimum Gasteiger partial charge on any atom is -0.481 e. The number of hydrogen-bond acceptors (Lipinski definition) is 2. The Morgan fingerprint density at radius 1 is 1.26 bits per heavy atom. The lowest BCUT2D eigenvalue weighted by molar-refractivity contribution is -0.138. The van der Waals surface area contributed by atoms with Gasteiger partial charge in [-0.2, -0.15) is 13.2 Å². The molecule has 6 heteroatoms. The number of halogens is 3.